The average molecular weight is 356 g/mol. The van der Waals surface area contributed by atoms with Gasteiger partial charge < -0.3 is 10.1 Å². The zero-order valence-corrected chi connectivity index (χ0v) is 14.4. The van der Waals surface area contributed by atoms with Crippen molar-refractivity contribution in [2.45, 2.75) is 25.3 Å². The van der Waals surface area contributed by atoms with E-state index in [1.807, 2.05) is 30.3 Å². The summed E-state index contributed by atoms with van der Waals surface area (Å²) >= 11 is 0. The normalized spacial score (nSPS) is 11.4. The van der Waals surface area contributed by atoms with Gasteiger partial charge in [-0.25, -0.2) is 4.79 Å². The van der Waals surface area contributed by atoms with Gasteiger partial charge in [0.15, 0.2) is 0 Å². The highest BCUT2D eigenvalue weighted by Crippen LogP contribution is 2.14. The summed E-state index contributed by atoms with van der Waals surface area (Å²) in [7, 11) is 1.27. The summed E-state index contributed by atoms with van der Waals surface area (Å²) in [6, 6.07) is 14.7. The summed E-state index contributed by atoms with van der Waals surface area (Å²) in [5.41, 5.74) is 1.47. The van der Waals surface area contributed by atoms with Crippen molar-refractivity contribution in [3.05, 3.63) is 75.8 Å². The van der Waals surface area contributed by atoms with E-state index in [2.05, 4.69) is 5.32 Å². The summed E-state index contributed by atoms with van der Waals surface area (Å²) in [5.74, 6) is -0.915. The van der Waals surface area contributed by atoms with Crippen LogP contribution >= 0.6 is 0 Å². The molecular weight excluding hydrogens is 336 g/mol. The highest BCUT2D eigenvalue weighted by atomic mass is 16.6. The lowest BCUT2D eigenvalue weighted by Gasteiger charge is -2.16. The number of hydrogen-bond donors (Lipinski definition) is 1. The number of nitrogens with zero attached hydrogens (tertiary/aromatic N) is 1. The number of ether oxygens (including phenoxy) is 1. The van der Waals surface area contributed by atoms with Crippen molar-refractivity contribution in [3.8, 4) is 0 Å². The van der Waals surface area contributed by atoms with Crippen LogP contribution in [0.1, 0.15) is 17.5 Å². The Balaban J connectivity index is 1.98. The molecule has 136 valence electrons. The molecule has 0 saturated heterocycles. The quantitative estimate of drug-likeness (QED) is 0.445. The maximum atomic E-state index is 12.2. The molecule has 0 aliphatic rings. The van der Waals surface area contributed by atoms with Gasteiger partial charge in [0.05, 0.1) is 18.5 Å². The molecule has 1 N–H and O–H groups in total. The summed E-state index contributed by atoms with van der Waals surface area (Å²) < 4.78 is 4.76. The Morgan fingerprint density at radius 3 is 2.46 bits per heavy atom. The van der Waals surface area contributed by atoms with Gasteiger partial charge >= 0.3 is 5.97 Å². The second kappa shape index (κ2) is 9.31. The molecular formula is C19H20N2O5. The summed E-state index contributed by atoms with van der Waals surface area (Å²) in [6.45, 7) is 0. The molecule has 7 heteroatoms. The van der Waals surface area contributed by atoms with E-state index in [0.717, 1.165) is 5.56 Å². The molecule has 1 atom stereocenters. The maximum absolute atomic E-state index is 12.2. The van der Waals surface area contributed by atoms with E-state index < -0.39 is 22.8 Å². The minimum absolute atomic E-state index is 0.0550. The van der Waals surface area contributed by atoms with Crippen LogP contribution in [0.4, 0.5) is 5.69 Å². The molecule has 0 aliphatic heterocycles. The monoisotopic (exact) mass is 356 g/mol. The number of non-ortho nitro benzene ring substituents is 1. The molecule has 7 nitrogen and oxygen atoms in total. The lowest BCUT2D eigenvalue weighted by molar-refractivity contribution is -0.384. The number of amides is 1. The summed E-state index contributed by atoms with van der Waals surface area (Å²) in [4.78, 5) is 34.5. The predicted molar refractivity (Wildman–Crippen MR) is 95.5 cm³/mol. The molecule has 0 fully saturated rings. The molecule has 0 spiro atoms. The van der Waals surface area contributed by atoms with Crippen LogP contribution in [0.15, 0.2) is 54.6 Å². The van der Waals surface area contributed by atoms with E-state index in [-0.39, 0.29) is 12.1 Å². The van der Waals surface area contributed by atoms with E-state index in [0.29, 0.717) is 18.4 Å². The molecule has 2 aromatic carbocycles. The zero-order valence-electron chi connectivity index (χ0n) is 14.4. The first kappa shape index (κ1) is 19.1. The van der Waals surface area contributed by atoms with E-state index in [9.17, 15) is 19.7 Å². The van der Waals surface area contributed by atoms with Crippen molar-refractivity contribution in [3.63, 3.8) is 0 Å². The Hall–Kier alpha value is -3.22. The van der Waals surface area contributed by atoms with Gasteiger partial charge in [-0.15, -0.1) is 0 Å². The molecule has 0 unspecified atom stereocenters. The van der Waals surface area contributed by atoms with Crippen molar-refractivity contribution < 1.29 is 19.2 Å². The van der Waals surface area contributed by atoms with Crippen LogP contribution in [0, 0.1) is 10.1 Å². The molecule has 0 aromatic heterocycles. The fourth-order valence-corrected chi connectivity index (χ4v) is 2.56. The van der Waals surface area contributed by atoms with E-state index >= 15 is 0 Å². The third kappa shape index (κ3) is 5.70. The van der Waals surface area contributed by atoms with Crippen LogP contribution in [0.5, 0.6) is 0 Å². The molecule has 0 radical (unpaired) electrons. The Labute approximate surface area is 151 Å². The van der Waals surface area contributed by atoms with E-state index in [1.54, 1.807) is 6.07 Å². The number of nitro groups is 1. The lowest BCUT2D eigenvalue weighted by Crippen LogP contribution is -2.42. The Kier molecular flexibility index (Phi) is 6.84. The van der Waals surface area contributed by atoms with Gasteiger partial charge in [0.25, 0.3) is 5.69 Å². The molecule has 0 bridgehead atoms. The van der Waals surface area contributed by atoms with Crippen LogP contribution in [0.3, 0.4) is 0 Å². The minimum Gasteiger partial charge on any atom is -0.467 e. The number of aryl methyl sites for hydroxylation is 1. The maximum Gasteiger partial charge on any atom is 0.328 e. The average Bonchev–Trinajstić information content (AvgIpc) is 2.65. The highest BCUT2D eigenvalue weighted by Gasteiger charge is 2.21. The number of esters is 1. The van der Waals surface area contributed by atoms with Crippen LogP contribution in [0.2, 0.25) is 0 Å². The largest absolute Gasteiger partial charge is 0.467 e. The third-order valence-corrected chi connectivity index (χ3v) is 3.87. The van der Waals surface area contributed by atoms with Gasteiger partial charge in [0.1, 0.15) is 6.04 Å². The number of benzene rings is 2. The number of carbonyl (C=O) groups is 2. The fourth-order valence-electron chi connectivity index (χ4n) is 2.56. The van der Waals surface area contributed by atoms with Gasteiger partial charge in [-0.1, -0.05) is 42.5 Å². The van der Waals surface area contributed by atoms with Gasteiger partial charge in [-0.05, 0) is 24.0 Å². The molecule has 2 aromatic rings. The molecule has 26 heavy (non-hydrogen) atoms. The van der Waals surface area contributed by atoms with Gasteiger partial charge in [0, 0.05) is 12.1 Å². The number of carbonyl (C=O) groups excluding carboxylic acids is 2. The first-order chi connectivity index (χ1) is 12.5. The van der Waals surface area contributed by atoms with Gasteiger partial charge in [0.2, 0.25) is 5.91 Å². The summed E-state index contributed by atoms with van der Waals surface area (Å²) in [5, 5.41) is 13.5. The van der Waals surface area contributed by atoms with Crippen molar-refractivity contribution in [1.29, 1.82) is 0 Å². The molecule has 0 heterocycles. The van der Waals surface area contributed by atoms with Crippen LogP contribution in [-0.4, -0.2) is 30.0 Å². The molecule has 2 rings (SSSR count). The van der Waals surface area contributed by atoms with Crippen LogP contribution in [0.25, 0.3) is 0 Å². The van der Waals surface area contributed by atoms with E-state index in [4.69, 9.17) is 4.74 Å². The number of rotatable bonds is 8. The summed E-state index contributed by atoms with van der Waals surface area (Å²) in [6.07, 6.45) is 0.954. The SMILES string of the molecule is COC(=O)[C@@H](CCc1ccccc1)NC(=O)Cc1cccc([N+](=O)[O-])c1. The number of nitrogens with one attached hydrogen (secondary N) is 1. The Morgan fingerprint density at radius 2 is 1.81 bits per heavy atom. The molecule has 0 aliphatic carbocycles. The standard InChI is InChI=1S/C19H20N2O5/c1-26-19(23)17(11-10-14-6-3-2-4-7-14)20-18(22)13-15-8-5-9-16(12-15)21(24)25/h2-9,12,17H,10-11,13H2,1H3,(H,20,22)/t17-/m1/s1. The Bertz CT molecular complexity index is 777. The van der Waals surface area contributed by atoms with Crippen molar-refractivity contribution >= 4 is 17.6 Å². The minimum atomic E-state index is -0.772. The number of nitro benzene ring substituents is 1. The molecule has 1 amide bonds. The Morgan fingerprint density at radius 1 is 1.12 bits per heavy atom. The second-order valence-corrected chi connectivity index (χ2v) is 5.77. The second-order valence-electron chi connectivity index (χ2n) is 5.77. The number of methoxy groups -OCH3 is 1. The zero-order chi connectivity index (χ0) is 18.9. The van der Waals surface area contributed by atoms with Crippen molar-refractivity contribution in [2.24, 2.45) is 0 Å². The topological polar surface area (TPSA) is 98.5 Å². The van der Waals surface area contributed by atoms with Crippen molar-refractivity contribution in [2.75, 3.05) is 7.11 Å². The third-order valence-electron chi connectivity index (χ3n) is 3.87. The predicted octanol–water partition coefficient (Wildman–Crippen LogP) is 2.43. The van der Waals surface area contributed by atoms with Gasteiger partial charge in [-0.2, -0.15) is 0 Å². The highest BCUT2D eigenvalue weighted by molar-refractivity contribution is 5.85. The molecule has 0 saturated carbocycles. The van der Waals surface area contributed by atoms with Gasteiger partial charge in [-0.3, -0.25) is 14.9 Å². The fraction of sp³-hybridized carbons (Fsp3) is 0.263. The number of hydrogen-bond acceptors (Lipinski definition) is 5. The van der Waals surface area contributed by atoms with E-state index in [1.165, 1.54) is 25.3 Å². The van der Waals surface area contributed by atoms with Crippen LogP contribution < -0.4 is 5.32 Å². The smallest absolute Gasteiger partial charge is 0.328 e. The first-order valence-electron chi connectivity index (χ1n) is 8.14. The van der Waals surface area contributed by atoms with Crippen LogP contribution in [-0.2, 0) is 27.2 Å². The lowest BCUT2D eigenvalue weighted by atomic mass is 10.0. The van der Waals surface area contributed by atoms with Crippen molar-refractivity contribution in [1.82, 2.24) is 5.32 Å². The first-order valence-corrected chi connectivity index (χ1v) is 8.14.